The second-order valence-corrected chi connectivity index (χ2v) is 5.41. The fraction of sp³-hybridized carbons (Fsp3) is 1.00. The summed E-state index contributed by atoms with van der Waals surface area (Å²) < 4.78 is 5.08. The molecule has 0 aromatic carbocycles. The van der Waals surface area contributed by atoms with E-state index < -0.39 is 0 Å². The normalized spacial score (nSPS) is 15.2. The zero-order valence-electron chi connectivity index (χ0n) is 10.7. The van der Waals surface area contributed by atoms with E-state index in [0.29, 0.717) is 6.04 Å². The van der Waals surface area contributed by atoms with Gasteiger partial charge in [-0.05, 0) is 25.8 Å². The highest BCUT2D eigenvalue weighted by Crippen LogP contribution is 2.16. The molecule has 2 nitrogen and oxygen atoms in total. The van der Waals surface area contributed by atoms with Gasteiger partial charge in [0.05, 0.1) is 0 Å². The van der Waals surface area contributed by atoms with Crippen LogP contribution in [0.1, 0.15) is 40.0 Å². The van der Waals surface area contributed by atoms with E-state index in [1.807, 2.05) is 0 Å². The van der Waals surface area contributed by atoms with Crippen LogP contribution in [0.25, 0.3) is 0 Å². The lowest BCUT2D eigenvalue weighted by Gasteiger charge is -2.19. The molecular formula is C12H27NOS. The van der Waals surface area contributed by atoms with Crippen LogP contribution in [0, 0.1) is 0 Å². The van der Waals surface area contributed by atoms with Gasteiger partial charge in [0, 0.05) is 30.8 Å². The van der Waals surface area contributed by atoms with Gasteiger partial charge >= 0.3 is 0 Å². The largest absolute Gasteiger partial charge is 0.385 e. The van der Waals surface area contributed by atoms with E-state index in [4.69, 9.17) is 4.74 Å². The summed E-state index contributed by atoms with van der Waals surface area (Å²) in [5.74, 6) is 1.23. The predicted octanol–water partition coefficient (Wildman–Crippen LogP) is 2.92. The van der Waals surface area contributed by atoms with Gasteiger partial charge in [0.25, 0.3) is 0 Å². The Hall–Kier alpha value is 0.270. The van der Waals surface area contributed by atoms with Crippen LogP contribution < -0.4 is 5.32 Å². The van der Waals surface area contributed by atoms with Crippen molar-refractivity contribution in [1.82, 2.24) is 5.32 Å². The van der Waals surface area contributed by atoms with E-state index in [1.165, 1.54) is 18.6 Å². The minimum absolute atomic E-state index is 0.657. The molecule has 0 aliphatic rings. The summed E-state index contributed by atoms with van der Waals surface area (Å²) in [5.41, 5.74) is 0. The first-order chi connectivity index (χ1) is 7.24. The molecule has 0 amide bonds. The molecule has 0 rings (SSSR count). The van der Waals surface area contributed by atoms with Crippen molar-refractivity contribution in [3.63, 3.8) is 0 Å². The zero-order chi connectivity index (χ0) is 11.5. The van der Waals surface area contributed by atoms with Crippen molar-refractivity contribution in [1.29, 1.82) is 0 Å². The molecule has 0 saturated heterocycles. The van der Waals surface area contributed by atoms with Gasteiger partial charge in [0.15, 0.2) is 0 Å². The lowest BCUT2D eigenvalue weighted by Crippen LogP contribution is -2.32. The van der Waals surface area contributed by atoms with E-state index >= 15 is 0 Å². The van der Waals surface area contributed by atoms with Crippen LogP contribution in [0.3, 0.4) is 0 Å². The Balaban J connectivity index is 3.62. The van der Waals surface area contributed by atoms with Gasteiger partial charge in [-0.2, -0.15) is 11.8 Å². The highest BCUT2D eigenvalue weighted by Gasteiger charge is 2.09. The topological polar surface area (TPSA) is 21.3 Å². The van der Waals surface area contributed by atoms with Crippen LogP contribution in [0.4, 0.5) is 0 Å². The van der Waals surface area contributed by atoms with E-state index in [0.717, 1.165) is 24.8 Å². The Morgan fingerprint density at radius 2 is 2.07 bits per heavy atom. The standard InChI is InChI=1S/C12H27NOS/c1-5-11(3)15-10-12(13-6-2)8-7-9-14-4/h11-13H,5-10H2,1-4H3. The van der Waals surface area contributed by atoms with Gasteiger partial charge in [-0.25, -0.2) is 0 Å². The third-order valence-corrected chi connectivity index (χ3v) is 4.05. The molecule has 92 valence electrons. The molecule has 2 atom stereocenters. The van der Waals surface area contributed by atoms with Gasteiger partial charge < -0.3 is 10.1 Å². The first-order valence-electron chi connectivity index (χ1n) is 6.08. The molecule has 0 spiro atoms. The third kappa shape index (κ3) is 9.21. The molecule has 0 aliphatic carbocycles. The maximum absolute atomic E-state index is 5.08. The van der Waals surface area contributed by atoms with Crippen LogP contribution >= 0.6 is 11.8 Å². The van der Waals surface area contributed by atoms with Gasteiger partial charge in [-0.3, -0.25) is 0 Å². The fourth-order valence-corrected chi connectivity index (χ4v) is 2.49. The van der Waals surface area contributed by atoms with Crippen molar-refractivity contribution in [2.75, 3.05) is 26.0 Å². The number of hydrogen-bond donors (Lipinski definition) is 1. The van der Waals surface area contributed by atoms with Gasteiger partial charge in [0.1, 0.15) is 0 Å². The van der Waals surface area contributed by atoms with E-state index in [2.05, 4.69) is 37.8 Å². The molecule has 0 radical (unpaired) electrons. The minimum Gasteiger partial charge on any atom is -0.385 e. The molecule has 0 aliphatic heterocycles. The van der Waals surface area contributed by atoms with Gasteiger partial charge in [0.2, 0.25) is 0 Å². The second kappa shape index (κ2) is 10.8. The molecule has 0 saturated carbocycles. The summed E-state index contributed by atoms with van der Waals surface area (Å²) in [6.07, 6.45) is 3.65. The van der Waals surface area contributed by atoms with Crippen LogP contribution in [0.2, 0.25) is 0 Å². The number of hydrogen-bond acceptors (Lipinski definition) is 3. The first-order valence-corrected chi connectivity index (χ1v) is 7.13. The molecule has 0 aromatic heterocycles. The summed E-state index contributed by atoms with van der Waals surface area (Å²) in [5, 5.41) is 4.33. The molecule has 2 unspecified atom stereocenters. The Bertz CT molecular complexity index is 133. The fourth-order valence-electron chi connectivity index (χ4n) is 1.41. The number of rotatable bonds is 10. The summed E-state index contributed by atoms with van der Waals surface area (Å²) in [4.78, 5) is 0. The monoisotopic (exact) mass is 233 g/mol. The SMILES string of the molecule is CCNC(CCCOC)CSC(C)CC. The Morgan fingerprint density at radius 3 is 2.60 bits per heavy atom. The first kappa shape index (κ1) is 15.3. The molecule has 0 aromatic rings. The summed E-state index contributed by atoms with van der Waals surface area (Å²) in [6, 6.07) is 0.657. The number of methoxy groups -OCH3 is 1. The lowest BCUT2D eigenvalue weighted by atomic mass is 10.2. The number of thioether (sulfide) groups is 1. The van der Waals surface area contributed by atoms with Crippen molar-refractivity contribution >= 4 is 11.8 Å². The summed E-state index contributed by atoms with van der Waals surface area (Å²) >= 11 is 2.08. The van der Waals surface area contributed by atoms with E-state index in [-0.39, 0.29) is 0 Å². The molecule has 1 N–H and O–H groups in total. The highest BCUT2D eigenvalue weighted by atomic mass is 32.2. The Labute approximate surface area is 99.5 Å². The van der Waals surface area contributed by atoms with E-state index in [1.54, 1.807) is 7.11 Å². The van der Waals surface area contributed by atoms with Crippen LogP contribution in [-0.2, 0) is 4.74 Å². The van der Waals surface area contributed by atoms with Gasteiger partial charge in [-0.1, -0.05) is 20.8 Å². The van der Waals surface area contributed by atoms with Crippen LogP contribution in [-0.4, -0.2) is 37.3 Å². The van der Waals surface area contributed by atoms with Crippen molar-refractivity contribution < 1.29 is 4.74 Å². The van der Waals surface area contributed by atoms with Crippen LogP contribution in [0.15, 0.2) is 0 Å². The molecular weight excluding hydrogens is 206 g/mol. The molecule has 0 bridgehead atoms. The molecule has 0 heterocycles. The highest BCUT2D eigenvalue weighted by molar-refractivity contribution is 7.99. The Morgan fingerprint density at radius 1 is 1.33 bits per heavy atom. The van der Waals surface area contributed by atoms with Crippen LogP contribution in [0.5, 0.6) is 0 Å². The Kier molecular flexibility index (Phi) is 11.0. The average Bonchev–Trinajstić information content (AvgIpc) is 2.25. The van der Waals surface area contributed by atoms with Crippen molar-refractivity contribution in [2.24, 2.45) is 0 Å². The van der Waals surface area contributed by atoms with E-state index in [9.17, 15) is 0 Å². The zero-order valence-corrected chi connectivity index (χ0v) is 11.5. The quantitative estimate of drug-likeness (QED) is 0.586. The summed E-state index contributed by atoms with van der Waals surface area (Å²) in [7, 11) is 1.77. The van der Waals surface area contributed by atoms with Crippen molar-refractivity contribution in [3.8, 4) is 0 Å². The second-order valence-electron chi connectivity index (χ2n) is 3.94. The van der Waals surface area contributed by atoms with Gasteiger partial charge in [-0.15, -0.1) is 0 Å². The smallest absolute Gasteiger partial charge is 0.0462 e. The van der Waals surface area contributed by atoms with Crippen molar-refractivity contribution in [2.45, 2.75) is 51.3 Å². The van der Waals surface area contributed by atoms with Crippen molar-refractivity contribution in [3.05, 3.63) is 0 Å². The maximum Gasteiger partial charge on any atom is 0.0462 e. The lowest BCUT2D eigenvalue weighted by molar-refractivity contribution is 0.189. The summed E-state index contributed by atoms with van der Waals surface area (Å²) in [6.45, 7) is 8.69. The predicted molar refractivity (Wildman–Crippen MR) is 70.8 cm³/mol. The molecule has 15 heavy (non-hydrogen) atoms. The third-order valence-electron chi connectivity index (χ3n) is 2.55. The average molecular weight is 233 g/mol. The number of nitrogens with one attached hydrogen (secondary N) is 1. The molecule has 3 heteroatoms. The molecule has 0 fully saturated rings. The maximum atomic E-state index is 5.08. The minimum atomic E-state index is 0.657. The number of ether oxygens (including phenoxy) is 1.